The molecule has 3 nitrogen and oxygen atoms in total. The van der Waals surface area contributed by atoms with E-state index in [4.69, 9.17) is 5.11 Å². The lowest BCUT2D eigenvalue weighted by atomic mass is 10.1. The van der Waals surface area contributed by atoms with E-state index in [-0.39, 0.29) is 12.4 Å². The molecule has 21 heavy (non-hydrogen) atoms. The summed E-state index contributed by atoms with van der Waals surface area (Å²) in [7, 11) is 0. The molecular weight excluding hydrogens is 267 g/mol. The first kappa shape index (κ1) is 17.8. The topological polar surface area (TPSA) is 35.5 Å². The van der Waals surface area contributed by atoms with E-state index in [1.807, 2.05) is 17.0 Å². The highest BCUT2D eigenvalue weighted by atomic mass is 19.1. The Morgan fingerprint density at radius 3 is 2.81 bits per heavy atom. The van der Waals surface area contributed by atoms with E-state index >= 15 is 0 Å². The van der Waals surface area contributed by atoms with Crippen molar-refractivity contribution >= 4 is 0 Å². The Kier molecular flexibility index (Phi) is 8.20. The molecule has 0 atom stereocenters. The molecule has 0 amide bonds. The highest BCUT2D eigenvalue weighted by Gasteiger charge is 2.09. The second-order valence-corrected chi connectivity index (χ2v) is 5.70. The Balaban J connectivity index is 2.69. The van der Waals surface area contributed by atoms with Crippen molar-refractivity contribution in [2.24, 2.45) is 5.92 Å². The number of hydrogen-bond acceptors (Lipinski definition) is 3. The Bertz CT molecular complexity index is 435. The highest BCUT2D eigenvalue weighted by molar-refractivity contribution is 5.25. The molecule has 0 unspecified atom stereocenters. The van der Waals surface area contributed by atoms with Crippen LogP contribution in [0.25, 0.3) is 0 Å². The molecule has 1 aromatic carbocycles. The third-order valence-corrected chi connectivity index (χ3v) is 3.19. The van der Waals surface area contributed by atoms with Gasteiger partial charge in [-0.05, 0) is 24.1 Å². The zero-order chi connectivity index (χ0) is 15.7. The van der Waals surface area contributed by atoms with Crippen LogP contribution in [-0.2, 0) is 13.1 Å². The maximum absolute atomic E-state index is 13.9. The molecule has 118 valence electrons. The molecule has 0 saturated carbocycles. The van der Waals surface area contributed by atoms with E-state index in [2.05, 4.69) is 25.7 Å². The van der Waals surface area contributed by atoms with Crippen LogP contribution in [0.15, 0.2) is 30.9 Å². The van der Waals surface area contributed by atoms with Gasteiger partial charge in [0.15, 0.2) is 0 Å². The summed E-state index contributed by atoms with van der Waals surface area (Å²) in [6.45, 7) is 11.4. The second kappa shape index (κ2) is 9.66. The van der Waals surface area contributed by atoms with E-state index < -0.39 is 0 Å². The molecule has 0 saturated heterocycles. The van der Waals surface area contributed by atoms with Gasteiger partial charge in [-0.25, -0.2) is 4.39 Å². The van der Waals surface area contributed by atoms with Gasteiger partial charge in [-0.1, -0.05) is 32.1 Å². The summed E-state index contributed by atoms with van der Waals surface area (Å²) in [5, 5.41) is 12.4. The van der Waals surface area contributed by atoms with Gasteiger partial charge in [-0.2, -0.15) is 0 Å². The summed E-state index contributed by atoms with van der Waals surface area (Å²) in [6, 6.07) is 5.24. The van der Waals surface area contributed by atoms with Crippen molar-refractivity contribution in [2.75, 3.05) is 26.2 Å². The Morgan fingerprint density at radius 1 is 1.43 bits per heavy atom. The van der Waals surface area contributed by atoms with Gasteiger partial charge < -0.3 is 10.4 Å². The van der Waals surface area contributed by atoms with E-state index in [0.717, 1.165) is 18.7 Å². The van der Waals surface area contributed by atoms with Gasteiger partial charge in [0, 0.05) is 31.7 Å². The number of nitrogens with zero attached hydrogens (tertiary/aromatic N) is 1. The quantitative estimate of drug-likeness (QED) is 0.651. The smallest absolute Gasteiger partial charge is 0.127 e. The van der Waals surface area contributed by atoms with Crippen LogP contribution >= 0.6 is 0 Å². The normalized spacial score (nSPS) is 11.3. The highest BCUT2D eigenvalue weighted by Crippen LogP contribution is 2.13. The van der Waals surface area contributed by atoms with Crippen molar-refractivity contribution in [1.29, 1.82) is 0 Å². The lowest BCUT2D eigenvalue weighted by molar-refractivity contribution is 0.202. The van der Waals surface area contributed by atoms with E-state index in [1.54, 1.807) is 6.08 Å². The van der Waals surface area contributed by atoms with Crippen LogP contribution in [0.2, 0.25) is 0 Å². The number of nitrogens with one attached hydrogen (secondary N) is 1. The first-order valence-corrected chi connectivity index (χ1v) is 7.49. The van der Waals surface area contributed by atoms with Crippen LogP contribution in [0.3, 0.4) is 0 Å². The van der Waals surface area contributed by atoms with Crippen molar-refractivity contribution in [3.8, 4) is 0 Å². The zero-order valence-electron chi connectivity index (χ0n) is 13.1. The molecule has 0 spiro atoms. The van der Waals surface area contributed by atoms with Crippen molar-refractivity contribution < 1.29 is 9.50 Å². The fourth-order valence-corrected chi connectivity index (χ4v) is 2.16. The summed E-state index contributed by atoms with van der Waals surface area (Å²) in [6.07, 6.45) is 1.77. The van der Waals surface area contributed by atoms with Gasteiger partial charge in [0.05, 0.1) is 6.61 Å². The summed E-state index contributed by atoms with van der Waals surface area (Å²) in [5.74, 6) is 0.396. The Hall–Kier alpha value is -1.23. The van der Waals surface area contributed by atoms with Crippen LogP contribution in [0.5, 0.6) is 0 Å². The minimum atomic E-state index is -0.199. The molecule has 0 aliphatic heterocycles. The minimum Gasteiger partial charge on any atom is -0.395 e. The van der Waals surface area contributed by atoms with Crippen molar-refractivity contribution in [1.82, 2.24) is 10.2 Å². The number of rotatable bonds is 10. The second-order valence-electron chi connectivity index (χ2n) is 5.70. The number of halogens is 1. The van der Waals surface area contributed by atoms with Gasteiger partial charge in [0.25, 0.3) is 0 Å². The van der Waals surface area contributed by atoms with Crippen LogP contribution in [-0.4, -0.2) is 36.2 Å². The van der Waals surface area contributed by atoms with Crippen molar-refractivity contribution in [2.45, 2.75) is 26.9 Å². The summed E-state index contributed by atoms with van der Waals surface area (Å²) in [4.78, 5) is 1.97. The summed E-state index contributed by atoms with van der Waals surface area (Å²) in [5.41, 5.74) is 1.74. The fourth-order valence-electron chi connectivity index (χ4n) is 2.16. The molecule has 0 radical (unpaired) electrons. The third-order valence-electron chi connectivity index (χ3n) is 3.19. The van der Waals surface area contributed by atoms with Crippen molar-refractivity contribution in [3.05, 3.63) is 47.8 Å². The predicted molar refractivity (Wildman–Crippen MR) is 85.5 cm³/mol. The van der Waals surface area contributed by atoms with Gasteiger partial charge in [0.2, 0.25) is 0 Å². The number of aliphatic hydroxyl groups is 1. The lowest BCUT2D eigenvalue weighted by Crippen LogP contribution is -2.27. The molecule has 0 heterocycles. The third kappa shape index (κ3) is 6.85. The predicted octanol–water partition coefficient (Wildman–Crippen LogP) is 2.55. The molecule has 0 bridgehead atoms. The van der Waals surface area contributed by atoms with Crippen LogP contribution in [0.1, 0.15) is 25.0 Å². The van der Waals surface area contributed by atoms with Crippen LogP contribution in [0, 0.1) is 11.7 Å². The van der Waals surface area contributed by atoms with Gasteiger partial charge in [-0.3, -0.25) is 4.90 Å². The minimum absolute atomic E-state index is 0.0606. The van der Waals surface area contributed by atoms with E-state index in [0.29, 0.717) is 31.1 Å². The van der Waals surface area contributed by atoms with E-state index in [9.17, 15) is 4.39 Å². The maximum atomic E-state index is 13.9. The summed E-state index contributed by atoms with van der Waals surface area (Å²) >= 11 is 0. The average Bonchev–Trinajstić information content (AvgIpc) is 2.42. The van der Waals surface area contributed by atoms with Gasteiger partial charge in [-0.15, -0.1) is 6.58 Å². The fraction of sp³-hybridized carbons (Fsp3) is 0.529. The Morgan fingerprint density at radius 2 is 2.19 bits per heavy atom. The van der Waals surface area contributed by atoms with E-state index in [1.165, 1.54) is 6.07 Å². The molecule has 1 aromatic rings. The largest absolute Gasteiger partial charge is 0.395 e. The Labute approximate surface area is 127 Å². The lowest BCUT2D eigenvalue weighted by Gasteiger charge is -2.20. The first-order valence-electron chi connectivity index (χ1n) is 7.49. The standard InChI is InChI=1S/C17H27FN2O/c1-4-7-20(8-9-21)13-16-10-15(5-6-17(16)18)12-19-11-14(2)3/h4-6,10,14,19,21H,1,7-9,11-13H2,2-3H3. The molecule has 0 aromatic heterocycles. The number of aliphatic hydroxyl groups excluding tert-OH is 1. The maximum Gasteiger partial charge on any atom is 0.127 e. The molecule has 1 rings (SSSR count). The van der Waals surface area contributed by atoms with Crippen LogP contribution in [0.4, 0.5) is 4.39 Å². The van der Waals surface area contributed by atoms with Gasteiger partial charge >= 0.3 is 0 Å². The molecule has 4 heteroatoms. The molecule has 0 aliphatic rings. The van der Waals surface area contributed by atoms with Crippen molar-refractivity contribution in [3.63, 3.8) is 0 Å². The number of hydrogen-bond donors (Lipinski definition) is 2. The SMILES string of the molecule is C=CCN(CCO)Cc1cc(CNCC(C)C)ccc1F. The molecule has 2 N–H and O–H groups in total. The monoisotopic (exact) mass is 294 g/mol. The summed E-state index contributed by atoms with van der Waals surface area (Å²) < 4.78 is 13.9. The molecular formula is C17H27FN2O. The zero-order valence-corrected chi connectivity index (χ0v) is 13.1. The number of benzene rings is 1. The molecule has 0 aliphatic carbocycles. The average molecular weight is 294 g/mol. The van der Waals surface area contributed by atoms with Gasteiger partial charge in [0.1, 0.15) is 5.82 Å². The molecule has 0 fully saturated rings. The van der Waals surface area contributed by atoms with Crippen LogP contribution < -0.4 is 5.32 Å². The first-order chi connectivity index (χ1) is 10.1.